The first kappa shape index (κ1) is 17.2. The van der Waals surface area contributed by atoms with E-state index in [9.17, 15) is 9.90 Å². The van der Waals surface area contributed by atoms with E-state index >= 15 is 0 Å². The molecule has 3 N–H and O–H groups in total. The summed E-state index contributed by atoms with van der Waals surface area (Å²) in [5.74, 6) is 0. The van der Waals surface area contributed by atoms with Gasteiger partial charge in [-0.2, -0.15) is 0 Å². The molecule has 1 atom stereocenters. The molecular formula is C14H29N3O3. The predicted molar refractivity (Wildman–Crippen MR) is 78.5 cm³/mol. The Balaban J connectivity index is 2.24. The number of amides is 1. The zero-order valence-corrected chi connectivity index (χ0v) is 13.0. The number of aliphatic hydroxyl groups is 1. The second-order valence-corrected chi connectivity index (χ2v) is 6.33. The Hall–Kier alpha value is -0.850. The minimum absolute atomic E-state index is 0.236. The number of carbonyl (C=O) groups is 1. The SMILES string of the molecule is CC(C)(C)OC(=O)N1CCN(CCC(O)CCN)CC1. The molecule has 1 unspecified atom stereocenters. The molecule has 6 nitrogen and oxygen atoms in total. The summed E-state index contributed by atoms with van der Waals surface area (Å²) < 4.78 is 5.36. The van der Waals surface area contributed by atoms with Gasteiger partial charge in [-0.3, -0.25) is 4.90 Å². The summed E-state index contributed by atoms with van der Waals surface area (Å²) in [6.45, 7) is 10.0. The fourth-order valence-electron chi connectivity index (χ4n) is 2.15. The van der Waals surface area contributed by atoms with Crippen LogP contribution in [0, 0.1) is 0 Å². The van der Waals surface area contributed by atoms with Gasteiger partial charge in [0.05, 0.1) is 6.10 Å². The third kappa shape index (κ3) is 6.54. The van der Waals surface area contributed by atoms with Crippen LogP contribution in [0.5, 0.6) is 0 Å². The van der Waals surface area contributed by atoms with E-state index in [1.807, 2.05) is 20.8 Å². The van der Waals surface area contributed by atoms with E-state index in [-0.39, 0.29) is 12.2 Å². The van der Waals surface area contributed by atoms with Gasteiger partial charge in [-0.05, 0) is 40.2 Å². The summed E-state index contributed by atoms with van der Waals surface area (Å²) in [5, 5.41) is 9.66. The van der Waals surface area contributed by atoms with Gasteiger partial charge in [0.15, 0.2) is 0 Å². The molecule has 0 aliphatic carbocycles. The lowest BCUT2D eigenvalue weighted by atomic mass is 10.1. The Morgan fingerprint density at radius 1 is 1.25 bits per heavy atom. The fraction of sp³-hybridized carbons (Fsp3) is 0.929. The number of carbonyl (C=O) groups excluding carboxylic acids is 1. The quantitative estimate of drug-likeness (QED) is 0.776. The second kappa shape index (κ2) is 7.81. The topological polar surface area (TPSA) is 79.0 Å². The monoisotopic (exact) mass is 287 g/mol. The van der Waals surface area contributed by atoms with E-state index in [1.165, 1.54) is 0 Å². The molecular weight excluding hydrogens is 258 g/mol. The molecule has 0 radical (unpaired) electrons. The van der Waals surface area contributed by atoms with Gasteiger partial charge in [0.25, 0.3) is 0 Å². The van der Waals surface area contributed by atoms with E-state index in [4.69, 9.17) is 10.5 Å². The predicted octanol–water partition coefficient (Wildman–Crippen LogP) is 0.639. The van der Waals surface area contributed by atoms with E-state index in [2.05, 4.69) is 4.90 Å². The van der Waals surface area contributed by atoms with Crippen LogP contribution in [0.4, 0.5) is 4.79 Å². The Morgan fingerprint density at radius 2 is 1.85 bits per heavy atom. The first-order chi connectivity index (χ1) is 9.31. The highest BCUT2D eigenvalue weighted by Gasteiger charge is 2.25. The van der Waals surface area contributed by atoms with E-state index in [1.54, 1.807) is 4.90 Å². The van der Waals surface area contributed by atoms with Gasteiger partial charge in [-0.15, -0.1) is 0 Å². The third-order valence-electron chi connectivity index (χ3n) is 3.30. The van der Waals surface area contributed by atoms with Gasteiger partial charge >= 0.3 is 6.09 Å². The minimum Gasteiger partial charge on any atom is -0.444 e. The average molecular weight is 287 g/mol. The van der Waals surface area contributed by atoms with Crippen LogP contribution in [0.2, 0.25) is 0 Å². The number of nitrogens with two attached hydrogens (primary N) is 1. The highest BCUT2D eigenvalue weighted by atomic mass is 16.6. The highest BCUT2D eigenvalue weighted by molar-refractivity contribution is 5.68. The Morgan fingerprint density at radius 3 is 2.35 bits per heavy atom. The van der Waals surface area contributed by atoms with Gasteiger partial charge in [0.2, 0.25) is 0 Å². The molecule has 1 heterocycles. The standard InChI is InChI=1S/C14H29N3O3/c1-14(2,3)20-13(19)17-10-8-16(9-11-17)7-5-12(18)4-6-15/h12,18H,4-11,15H2,1-3H3. The zero-order chi connectivity index (χ0) is 15.2. The number of hydrogen-bond acceptors (Lipinski definition) is 5. The molecule has 0 spiro atoms. The summed E-state index contributed by atoms with van der Waals surface area (Å²) in [7, 11) is 0. The van der Waals surface area contributed by atoms with Crippen LogP contribution in [0.1, 0.15) is 33.6 Å². The van der Waals surface area contributed by atoms with Crippen molar-refractivity contribution in [3.63, 3.8) is 0 Å². The van der Waals surface area contributed by atoms with Gasteiger partial charge in [-0.1, -0.05) is 0 Å². The van der Waals surface area contributed by atoms with Gasteiger partial charge < -0.3 is 20.5 Å². The van der Waals surface area contributed by atoms with Crippen LogP contribution in [-0.4, -0.2) is 72.0 Å². The van der Waals surface area contributed by atoms with Crippen molar-refractivity contribution >= 4 is 6.09 Å². The first-order valence-electron chi connectivity index (χ1n) is 7.40. The van der Waals surface area contributed by atoms with E-state index < -0.39 is 5.60 Å². The van der Waals surface area contributed by atoms with Gasteiger partial charge in [-0.25, -0.2) is 4.79 Å². The summed E-state index contributed by atoms with van der Waals surface area (Å²) in [6, 6.07) is 0. The van der Waals surface area contributed by atoms with Crippen molar-refractivity contribution in [1.82, 2.24) is 9.80 Å². The molecule has 1 aliphatic heterocycles. The highest BCUT2D eigenvalue weighted by Crippen LogP contribution is 2.12. The number of nitrogens with zero attached hydrogens (tertiary/aromatic N) is 2. The first-order valence-corrected chi connectivity index (χ1v) is 7.40. The van der Waals surface area contributed by atoms with E-state index in [0.717, 1.165) is 26.1 Å². The summed E-state index contributed by atoms with van der Waals surface area (Å²) in [5.41, 5.74) is 4.96. The summed E-state index contributed by atoms with van der Waals surface area (Å²) >= 11 is 0. The molecule has 0 saturated carbocycles. The molecule has 1 fully saturated rings. The molecule has 0 aromatic carbocycles. The molecule has 0 aromatic rings. The Bertz CT molecular complexity index is 297. The smallest absolute Gasteiger partial charge is 0.410 e. The number of hydrogen-bond donors (Lipinski definition) is 2. The molecule has 0 bridgehead atoms. The lowest BCUT2D eigenvalue weighted by Crippen LogP contribution is -2.50. The van der Waals surface area contributed by atoms with Gasteiger partial charge in [0.1, 0.15) is 5.60 Å². The molecule has 0 aromatic heterocycles. The maximum absolute atomic E-state index is 11.9. The van der Waals surface area contributed by atoms with Crippen LogP contribution in [0.3, 0.4) is 0 Å². The molecule has 118 valence electrons. The third-order valence-corrected chi connectivity index (χ3v) is 3.30. The Kier molecular flexibility index (Phi) is 6.71. The van der Waals surface area contributed by atoms with E-state index in [0.29, 0.717) is 26.1 Å². The molecule has 20 heavy (non-hydrogen) atoms. The summed E-state index contributed by atoms with van der Waals surface area (Å²) in [4.78, 5) is 15.9. The second-order valence-electron chi connectivity index (χ2n) is 6.33. The van der Waals surface area contributed by atoms with Crippen molar-refractivity contribution < 1.29 is 14.6 Å². The van der Waals surface area contributed by atoms with Crippen LogP contribution < -0.4 is 5.73 Å². The number of piperazine rings is 1. The van der Waals surface area contributed by atoms with Crippen LogP contribution >= 0.6 is 0 Å². The lowest BCUT2D eigenvalue weighted by molar-refractivity contribution is 0.0132. The summed E-state index contributed by atoms with van der Waals surface area (Å²) in [6.07, 6.45) is 0.839. The van der Waals surface area contributed by atoms with Crippen LogP contribution in [0.15, 0.2) is 0 Å². The molecule has 1 saturated heterocycles. The largest absolute Gasteiger partial charge is 0.444 e. The molecule has 1 amide bonds. The zero-order valence-electron chi connectivity index (χ0n) is 13.0. The fourth-order valence-corrected chi connectivity index (χ4v) is 2.15. The maximum Gasteiger partial charge on any atom is 0.410 e. The lowest BCUT2D eigenvalue weighted by Gasteiger charge is -2.35. The minimum atomic E-state index is -0.444. The maximum atomic E-state index is 11.9. The van der Waals surface area contributed by atoms with Crippen molar-refractivity contribution in [2.45, 2.75) is 45.3 Å². The van der Waals surface area contributed by atoms with Crippen molar-refractivity contribution in [2.75, 3.05) is 39.3 Å². The van der Waals surface area contributed by atoms with Crippen molar-refractivity contribution in [1.29, 1.82) is 0 Å². The number of rotatable bonds is 5. The van der Waals surface area contributed by atoms with Crippen molar-refractivity contribution in [2.24, 2.45) is 5.73 Å². The van der Waals surface area contributed by atoms with Gasteiger partial charge in [0, 0.05) is 32.7 Å². The average Bonchev–Trinajstić information content (AvgIpc) is 2.35. The molecule has 1 aliphatic rings. The van der Waals surface area contributed by atoms with Crippen LogP contribution in [-0.2, 0) is 4.74 Å². The van der Waals surface area contributed by atoms with Crippen LogP contribution in [0.25, 0.3) is 0 Å². The Labute approximate surface area is 121 Å². The number of ether oxygens (including phenoxy) is 1. The molecule has 6 heteroatoms. The number of aliphatic hydroxyl groups excluding tert-OH is 1. The van der Waals surface area contributed by atoms with Crippen molar-refractivity contribution in [3.05, 3.63) is 0 Å². The van der Waals surface area contributed by atoms with Crippen molar-refractivity contribution in [3.8, 4) is 0 Å². The normalized spacial score (nSPS) is 18.9. The molecule has 1 rings (SSSR count).